The van der Waals surface area contributed by atoms with Crippen molar-refractivity contribution in [3.8, 4) is 17.0 Å². The quantitative estimate of drug-likeness (QED) is 0.551. The maximum Gasteiger partial charge on any atom is 0.258 e. The number of aryl methyl sites for hydroxylation is 1. The van der Waals surface area contributed by atoms with Crippen LogP contribution in [0, 0.1) is 11.6 Å². The van der Waals surface area contributed by atoms with Gasteiger partial charge in [-0.3, -0.25) is 9.48 Å². The molecular weight excluding hydrogens is 470 g/mol. The molecule has 1 aliphatic rings. The Kier molecular flexibility index (Phi) is 6.33. The summed E-state index contributed by atoms with van der Waals surface area (Å²) in [7, 11) is 1.81. The third-order valence-electron chi connectivity index (χ3n) is 5.11. The molecule has 0 radical (unpaired) electrons. The Hall–Kier alpha value is -2.78. The number of rotatable bonds is 5. The third-order valence-corrected chi connectivity index (χ3v) is 5.69. The average Bonchev–Trinajstić information content (AvgIpc) is 3.08. The lowest BCUT2D eigenvalue weighted by Gasteiger charge is -2.25. The van der Waals surface area contributed by atoms with Gasteiger partial charge in [-0.1, -0.05) is 0 Å². The van der Waals surface area contributed by atoms with E-state index < -0.39 is 17.5 Å². The van der Waals surface area contributed by atoms with E-state index in [1.807, 2.05) is 7.05 Å². The van der Waals surface area contributed by atoms with Crippen molar-refractivity contribution in [2.75, 3.05) is 18.4 Å². The predicted molar refractivity (Wildman–Crippen MR) is 117 cm³/mol. The minimum Gasteiger partial charge on any atom is -0.488 e. The van der Waals surface area contributed by atoms with E-state index in [1.165, 1.54) is 0 Å². The fourth-order valence-electron chi connectivity index (χ4n) is 3.58. The second-order valence-electron chi connectivity index (χ2n) is 7.34. The van der Waals surface area contributed by atoms with Gasteiger partial charge >= 0.3 is 0 Å². The van der Waals surface area contributed by atoms with Crippen LogP contribution in [0.3, 0.4) is 0 Å². The standard InChI is InChI=1S/C22H21BrF2N4O2/c1-29-21(18(23)12-27-29)17-10-14(5-7-20(17)31-15-3-2-8-26-11-15)28-22(30)16-6-4-13(24)9-19(16)25/h4-7,9-10,12,15,26H,2-3,8,11H2,1H3,(H,28,30). The highest BCUT2D eigenvalue weighted by Crippen LogP contribution is 2.37. The zero-order valence-corrected chi connectivity index (χ0v) is 18.4. The SMILES string of the molecule is Cn1ncc(Br)c1-c1cc(NC(=O)c2ccc(F)cc2F)ccc1OC1CCCNC1. The second-order valence-corrected chi connectivity index (χ2v) is 8.19. The van der Waals surface area contributed by atoms with E-state index in [0.717, 1.165) is 53.8 Å². The zero-order valence-electron chi connectivity index (χ0n) is 16.8. The van der Waals surface area contributed by atoms with Crippen LogP contribution in [-0.4, -0.2) is 34.9 Å². The van der Waals surface area contributed by atoms with Crippen LogP contribution in [0.2, 0.25) is 0 Å². The summed E-state index contributed by atoms with van der Waals surface area (Å²) in [4.78, 5) is 12.5. The summed E-state index contributed by atoms with van der Waals surface area (Å²) in [6, 6.07) is 8.07. The Morgan fingerprint density at radius 3 is 2.81 bits per heavy atom. The number of hydrogen-bond donors (Lipinski definition) is 2. The maximum absolute atomic E-state index is 14.0. The first-order chi connectivity index (χ1) is 14.9. The highest BCUT2D eigenvalue weighted by atomic mass is 79.9. The van der Waals surface area contributed by atoms with E-state index >= 15 is 0 Å². The summed E-state index contributed by atoms with van der Waals surface area (Å²) >= 11 is 3.52. The minimum absolute atomic E-state index is 0.0354. The number of hydrogen-bond acceptors (Lipinski definition) is 4. The smallest absolute Gasteiger partial charge is 0.258 e. The molecule has 162 valence electrons. The second kappa shape index (κ2) is 9.15. The number of carbonyl (C=O) groups is 1. The molecule has 9 heteroatoms. The molecule has 2 aromatic carbocycles. The summed E-state index contributed by atoms with van der Waals surface area (Å²) in [6.45, 7) is 1.74. The number of halogens is 3. The number of ether oxygens (including phenoxy) is 1. The Labute approximate surface area is 186 Å². The number of anilines is 1. The molecule has 1 aliphatic heterocycles. The van der Waals surface area contributed by atoms with Crippen molar-refractivity contribution < 1.29 is 18.3 Å². The van der Waals surface area contributed by atoms with Crippen LogP contribution in [0.15, 0.2) is 47.1 Å². The van der Waals surface area contributed by atoms with Gasteiger partial charge in [-0.05, 0) is 65.6 Å². The Morgan fingerprint density at radius 2 is 2.13 bits per heavy atom. The van der Waals surface area contributed by atoms with Gasteiger partial charge in [0.05, 0.1) is 21.9 Å². The number of piperidine rings is 1. The van der Waals surface area contributed by atoms with Crippen molar-refractivity contribution in [1.82, 2.24) is 15.1 Å². The Balaban J connectivity index is 1.66. The van der Waals surface area contributed by atoms with Crippen molar-refractivity contribution in [3.05, 3.63) is 64.3 Å². The fourth-order valence-corrected chi connectivity index (χ4v) is 4.14. The summed E-state index contributed by atoms with van der Waals surface area (Å²) in [5, 5.41) is 10.3. The molecular formula is C22H21BrF2N4O2. The molecule has 0 bridgehead atoms. The third kappa shape index (κ3) is 4.77. The summed E-state index contributed by atoms with van der Waals surface area (Å²) < 4.78 is 35.9. The first kappa shape index (κ1) is 21.5. The molecule has 1 saturated heterocycles. The number of carbonyl (C=O) groups excluding carboxylic acids is 1. The predicted octanol–water partition coefficient (Wildman–Crippen LogP) is 4.51. The summed E-state index contributed by atoms with van der Waals surface area (Å²) in [5.41, 5.74) is 1.72. The van der Waals surface area contributed by atoms with Crippen LogP contribution in [0.5, 0.6) is 5.75 Å². The number of aromatic nitrogens is 2. The molecule has 0 saturated carbocycles. The lowest BCUT2D eigenvalue weighted by atomic mass is 10.1. The number of benzene rings is 2. The lowest BCUT2D eigenvalue weighted by Crippen LogP contribution is -2.37. The average molecular weight is 491 g/mol. The van der Waals surface area contributed by atoms with Crippen molar-refractivity contribution >= 4 is 27.5 Å². The summed E-state index contributed by atoms with van der Waals surface area (Å²) in [6.07, 6.45) is 3.70. The van der Waals surface area contributed by atoms with Gasteiger partial charge in [0.1, 0.15) is 23.5 Å². The number of nitrogens with zero attached hydrogens (tertiary/aromatic N) is 2. The van der Waals surface area contributed by atoms with Crippen molar-refractivity contribution in [2.45, 2.75) is 18.9 Å². The number of amides is 1. The van der Waals surface area contributed by atoms with Crippen LogP contribution in [0.1, 0.15) is 23.2 Å². The zero-order chi connectivity index (χ0) is 22.0. The molecule has 2 N–H and O–H groups in total. The van der Waals surface area contributed by atoms with Gasteiger partial charge in [0.25, 0.3) is 5.91 Å². The highest BCUT2D eigenvalue weighted by Gasteiger charge is 2.21. The Bertz CT molecular complexity index is 1090. The van der Waals surface area contributed by atoms with Crippen LogP contribution in [-0.2, 0) is 7.05 Å². The van der Waals surface area contributed by atoms with Crippen molar-refractivity contribution in [1.29, 1.82) is 0 Å². The van der Waals surface area contributed by atoms with Gasteiger partial charge in [0.15, 0.2) is 0 Å². The van der Waals surface area contributed by atoms with Crippen LogP contribution in [0.25, 0.3) is 11.3 Å². The van der Waals surface area contributed by atoms with E-state index in [9.17, 15) is 13.6 Å². The molecule has 1 amide bonds. The van der Waals surface area contributed by atoms with E-state index in [2.05, 4.69) is 31.7 Å². The molecule has 1 fully saturated rings. The summed E-state index contributed by atoms with van der Waals surface area (Å²) in [5.74, 6) is -1.67. The normalized spacial score (nSPS) is 16.2. The van der Waals surface area contributed by atoms with E-state index in [4.69, 9.17) is 4.74 Å². The molecule has 31 heavy (non-hydrogen) atoms. The molecule has 0 spiro atoms. The van der Waals surface area contributed by atoms with Gasteiger partial charge in [-0.15, -0.1) is 0 Å². The monoisotopic (exact) mass is 490 g/mol. The van der Waals surface area contributed by atoms with Gasteiger partial charge in [0.2, 0.25) is 0 Å². The number of nitrogens with one attached hydrogen (secondary N) is 2. The van der Waals surface area contributed by atoms with Gasteiger partial charge in [0, 0.05) is 30.9 Å². The molecule has 0 aliphatic carbocycles. The van der Waals surface area contributed by atoms with E-state index in [-0.39, 0.29) is 11.7 Å². The highest BCUT2D eigenvalue weighted by molar-refractivity contribution is 9.10. The Morgan fingerprint density at radius 1 is 1.29 bits per heavy atom. The van der Waals surface area contributed by atoms with Crippen molar-refractivity contribution in [2.24, 2.45) is 7.05 Å². The largest absolute Gasteiger partial charge is 0.488 e. The van der Waals surface area contributed by atoms with Gasteiger partial charge in [-0.25, -0.2) is 8.78 Å². The lowest BCUT2D eigenvalue weighted by molar-refractivity contribution is 0.102. The van der Waals surface area contributed by atoms with E-state index in [1.54, 1.807) is 29.1 Å². The van der Waals surface area contributed by atoms with Gasteiger partial charge < -0.3 is 15.4 Å². The fraction of sp³-hybridized carbons (Fsp3) is 0.273. The van der Waals surface area contributed by atoms with Crippen LogP contribution in [0.4, 0.5) is 14.5 Å². The molecule has 2 heterocycles. The van der Waals surface area contributed by atoms with Crippen molar-refractivity contribution in [3.63, 3.8) is 0 Å². The van der Waals surface area contributed by atoms with Gasteiger partial charge in [-0.2, -0.15) is 5.10 Å². The van der Waals surface area contributed by atoms with Crippen LogP contribution < -0.4 is 15.4 Å². The molecule has 6 nitrogen and oxygen atoms in total. The first-order valence-corrected chi connectivity index (χ1v) is 10.7. The minimum atomic E-state index is -0.920. The first-order valence-electron chi connectivity index (χ1n) is 9.88. The topological polar surface area (TPSA) is 68.2 Å². The molecule has 1 aromatic heterocycles. The molecule has 1 unspecified atom stereocenters. The molecule has 3 aromatic rings. The van der Waals surface area contributed by atoms with E-state index in [0.29, 0.717) is 17.5 Å². The molecule has 1 atom stereocenters. The van der Waals surface area contributed by atoms with Crippen LogP contribution >= 0.6 is 15.9 Å². The maximum atomic E-state index is 14.0. The molecule has 4 rings (SSSR count).